The number of likely N-dealkylation sites (N-methyl/N-ethyl adjacent to an activating group) is 1. The Morgan fingerprint density at radius 2 is 1.68 bits per heavy atom. The lowest BCUT2D eigenvalue weighted by molar-refractivity contribution is 0.222. The SMILES string of the molecule is CN1CCN(S(=O)(=O)c2ccc(-c3cnc(N)c(-c4ccc(O)cc4)n3)cc2F)CC1. The van der Waals surface area contributed by atoms with Crippen molar-refractivity contribution in [3.63, 3.8) is 0 Å². The Labute approximate surface area is 179 Å². The van der Waals surface area contributed by atoms with E-state index in [1.54, 1.807) is 12.1 Å². The van der Waals surface area contributed by atoms with Crippen LogP contribution in [0.3, 0.4) is 0 Å². The summed E-state index contributed by atoms with van der Waals surface area (Å²) < 4.78 is 41.9. The van der Waals surface area contributed by atoms with Crippen LogP contribution in [0.5, 0.6) is 5.75 Å². The summed E-state index contributed by atoms with van der Waals surface area (Å²) >= 11 is 0. The number of phenols is 1. The van der Waals surface area contributed by atoms with Gasteiger partial charge in [-0.2, -0.15) is 4.31 Å². The first-order valence-corrected chi connectivity index (χ1v) is 11.1. The molecule has 4 rings (SSSR count). The molecule has 2 heterocycles. The van der Waals surface area contributed by atoms with Gasteiger partial charge in [-0.25, -0.2) is 22.8 Å². The largest absolute Gasteiger partial charge is 0.508 e. The van der Waals surface area contributed by atoms with Gasteiger partial charge in [-0.1, -0.05) is 6.07 Å². The summed E-state index contributed by atoms with van der Waals surface area (Å²) in [5, 5.41) is 9.47. The highest BCUT2D eigenvalue weighted by Crippen LogP contribution is 2.29. The lowest BCUT2D eigenvalue weighted by Gasteiger charge is -2.31. The molecule has 0 saturated carbocycles. The van der Waals surface area contributed by atoms with Crippen LogP contribution in [0.4, 0.5) is 10.2 Å². The molecule has 3 aromatic rings. The number of nitrogens with two attached hydrogens (primary N) is 1. The lowest BCUT2D eigenvalue weighted by atomic mass is 10.1. The summed E-state index contributed by atoms with van der Waals surface area (Å²) in [6.45, 7) is 1.83. The number of nitrogen functional groups attached to an aromatic ring is 1. The summed E-state index contributed by atoms with van der Waals surface area (Å²) in [5.74, 6) is -0.559. The number of halogens is 1. The Morgan fingerprint density at radius 1 is 1.03 bits per heavy atom. The van der Waals surface area contributed by atoms with Gasteiger partial charge in [-0.3, -0.25) is 0 Å². The second-order valence-electron chi connectivity index (χ2n) is 7.39. The van der Waals surface area contributed by atoms with Crippen molar-refractivity contribution < 1.29 is 17.9 Å². The molecule has 1 aromatic heterocycles. The van der Waals surface area contributed by atoms with Crippen molar-refractivity contribution >= 4 is 15.8 Å². The van der Waals surface area contributed by atoms with E-state index in [4.69, 9.17) is 5.73 Å². The molecule has 0 atom stereocenters. The van der Waals surface area contributed by atoms with Crippen LogP contribution in [0.2, 0.25) is 0 Å². The first kappa shape index (κ1) is 21.2. The smallest absolute Gasteiger partial charge is 0.246 e. The van der Waals surface area contributed by atoms with Crippen LogP contribution in [0.1, 0.15) is 0 Å². The maximum atomic E-state index is 14.9. The third-order valence-electron chi connectivity index (χ3n) is 5.25. The molecule has 2 aromatic carbocycles. The van der Waals surface area contributed by atoms with Crippen molar-refractivity contribution in [3.05, 3.63) is 54.5 Å². The molecule has 0 bridgehead atoms. The van der Waals surface area contributed by atoms with Crippen molar-refractivity contribution in [2.45, 2.75) is 4.90 Å². The quantitative estimate of drug-likeness (QED) is 0.635. The molecule has 0 aliphatic carbocycles. The molecule has 1 fully saturated rings. The minimum absolute atomic E-state index is 0.102. The van der Waals surface area contributed by atoms with Gasteiger partial charge in [0.25, 0.3) is 0 Å². The summed E-state index contributed by atoms with van der Waals surface area (Å²) in [5.41, 5.74) is 7.69. The van der Waals surface area contributed by atoms with Gasteiger partial charge in [0.15, 0.2) is 0 Å². The average Bonchev–Trinajstić information content (AvgIpc) is 2.75. The molecule has 8 nitrogen and oxygen atoms in total. The minimum atomic E-state index is -3.93. The van der Waals surface area contributed by atoms with E-state index in [9.17, 15) is 17.9 Å². The van der Waals surface area contributed by atoms with E-state index in [1.807, 2.05) is 11.9 Å². The molecule has 162 valence electrons. The number of anilines is 1. The van der Waals surface area contributed by atoms with Crippen LogP contribution < -0.4 is 5.73 Å². The summed E-state index contributed by atoms with van der Waals surface area (Å²) in [6, 6.07) is 10.2. The van der Waals surface area contributed by atoms with E-state index in [1.165, 1.54) is 34.8 Å². The second kappa shape index (κ2) is 8.22. The fourth-order valence-electron chi connectivity index (χ4n) is 3.41. The van der Waals surface area contributed by atoms with E-state index in [2.05, 4.69) is 9.97 Å². The first-order chi connectivity index (χ1) is 14.8. The van der Waals surface area contributed by atoms with Crippen LogP contribution in [-0.2, 0) is 10.0 Å². The number of sulfonamides is 1. The Morgan fingerprint density at radius 3 is 2.32 bits per heavy atom. The van der Waals surface area contributed by atoms with E-state index in [-0.39, 0.29) is 16.5 Å². The molecule has 0 radical (unpaired) electrons. The number of hydrogen-bond donors (Lipinski definition) is 2. The molecule has 1 aliphatic heterocycles. The molecule has 1 saturated heterocycles. The summed E-state index contributed by atoms with van der Waals surface area (Å²) in [7, 11) is -2.01. The van der Waals surface area contributed by atoms with Gasteiger partial charge < -0.3 is 15.7 Å². The van der Waals surface area contributed by atoms with Crippen molar-refractivity contribution in [2.24, 2.45) is 0 Å². The lowest BCUT2D eigenvalue weighted by Crippen LogP contribution is -2.47. The van der Waals surface area contributed by atoms with Crippen LogP contribution in [-0.4, -0.2) is 65.9 Å². The number of nitrogens with zero attached hydrogens (tertiary/aromatic N) is 4. The number of aromatic nitrogens is 2. The van der Waals surface area contributed by atoms with E-state index in [0.29, 0.717) is 48.7 Å². The topological polar surface area (TPSA) is 113 Å². The third-order valence-corrected chi connectivity index (χ3v) is 7.18. The van der Waals surface area contributed by atoms with Crippen molar-refractivity contribution in [1.29, 1.82) is 0 Å². The van der Waals surface area contributed by atoms with Crippen LogP contribution in [0, 0.1) is 5.82 Å². The normalized spacial score (nSPS) is 15.8. The van der Waals surface area contributed by atoms with Crippen LogP contribution >= 0.6 is 0 Å². The maximum Gasteiger partial charge on any atom is 0.246 e. The third kappa shape index (κ3) is 4.22. The Hall–Kier alpha value is -3.08. The molecule has 0 spiro atoms. The van der Waals surface area contributed by atoms with Crippen LogP contribution in [0.25, 0.3) is 22.5 Å². The highest BCUT2D eigenvalue weighted by atomic mass is 32.2. The average molecular weight is 444 g/mol. The van der Waals surface area contributed by atoms with Gasteiger partial charge >= 0.3 is 0 Å². The Kier molecular flexibility index (Phi) is 5.61. The highest BCUT2D eigenvalue weighted by molar-refractivity contribution is 7.89. The van der Waals surface area contributed by atoms with E-state index in [0.717, 1.165) is 6.07 Å². The van der Waals surface area contributed by atoms with Crippen molar-refractivity contribution in [1.82, 2.24) is 19.2 Å². The van der Waals surface area contributed by atoms with Crippen LogP contribution in [0.15, 0.2) is 53.6 Å². The maximum absolute atomic E-state index is 14.9. The zero-order valence-corrected chi connectivity index (χ0v) is 17.7. The predicted octanol–water partition coefficient (Wildman–Crippen LogP) is 2.17. The van der Waals surface area contributed by atoms with Gasteiger partial charge in [-0.15, -0.1) is 0 Å². The number of piperazine rings is 1. The number of aromatic hydroxyl groups is 1. The standard InChI is InChI=1S/C21H22FN5O3S/c1-26-8-10-27(11-9-26)31(29,30)19-7-4-15(12-17(19)22)18-13-24-21(23)20(25-18)14-2-5-16(28)6-3-14/h2-7,12-13,28H,8-11H2,1H3,(H2,23,24). The Bertz CT molecular complexity index is 1210. The second-order valence-corrected chi connectivity index (χ2v) is 9.29. The molecular weight excluding hydrogens is 421 g/mol. The molecular formula is C21H22FN5O3S. The number of rotatable bonds is 4. The van der Waals surface area contributed by atoms with Gasteiger partial charge in [0.2, 0.25) is 10.0 Å². The zero-order chi connectivity index (χ0) is 22.2. The minimum Gasteiger partial charge on any atom is -0.508 e. The predicted molar refractivity (Wildman–Crippen MR) is 115 cm³/mol. The molecule has 3 N–H and O–H groups in total. The zero-order valence-electron chi connectivity index (χ0n) is 16.9. The Balaban J connectivity index is 1.67. The van der Waals surface area contributed by atoms with E-state index >= 15 is 0 Å². The first-order valence-electron chi connectivity index (χ1n) is 9.66. The fourth-order valence-corrected chi connectivity index (χ4v) is 4.87. The number of benzene rings is 2. The number of hydrogen-bond acceptors (Lipinski definition) is 7. The molecule has 1 aliphatic rings. The molecule has 0 unspecified atom stereocenters. The monoisotopic (exact) mass is 443 g/mol. The van der Waals surface area contributed by atoms with Gasteiger partial charge in [-0.05, 0) is 43.4 Å². The van der Waals surface area contributed by atoms with Gasteiger partial charge in [0.1, 0.15) is 28.0 Å². The fraction of sp³-hybridized carbons (Fsp3) is 0.238. The number of phenolic OH excluding ortho intramolecular Hbond substituents is 1. The van der Waals surface area contributed by atoms with Gasteiger partial charge in [0, 0.05) is 37.3 Å². The summed E-state index contributed by atoms with van der Waals surface area (Å²) in [6.07, 6.45) is 1.41. The summed E-state index contributed by atoms with van der Waals surface area (Å²) in [4.78, 5) is 10.3. The molecule has 10 heteroatoms. The molecule has 31 heavy (non-hydrogen) atoms. The van der Waals surface area contributed by atoms with Crippen molar-refractivity contribution in [2.75, 3.05) is 39.0 Å². The van der Waals surface area contributed by atoms with Gasteiger partial charge in [0.05, 0.1) is 11.9 Å². The molecule has 0 amide bonds. The van der Waals surface area contributed by atoms with E-state index < -0.39 is 15.8 Å². The van der Waals surface area contributed by atoms with Crippen molar-refractivity contribution in [3.8, 4) is 28.3 Å². The highest BCUT2D eigenvalue weighted by Gasteiger charge is 2.30.